The Hall–Kier alpha value is -3.88. The van der Waals surface area contributed by atoms with Crippen LogP contribution in [0.25, 0.3) is 0 Å². The molecule has 0 bridgehead atoms. The van der Waals surface area contributed by atoms with E-state index in [4.69, 9.17) is 4.74 Å². The number of nitro groups is 1. The van der Waals surface area contributed by atoms with Gasteiger partial charge in [0.15, 0.2) is 0 Å². The first-order valence-electron chi connectivity index (χ1n) is 9.70. The highest BCUT2D eigenvalue weighted by Crippen LogP contribution is 2.38. The Labute approximate surface area is 181 Å². The zero-order valence-corrected chi connectivity index (χ0v) is 16.8. The lowest BCUT2D eigenvalue weighted by molar-refractivity contribution is -0.385. The summed E-state index contributed by atoms with van der Waals surface area (Å²) in [4.78, 5) is 25.1. The lowest BCUT2D eigenvalue weighted by Gasteiger charge is -2.23. The van der Waals surface area contributed by atoms with Gasteiger partial charge in [-0.2, -0.15) is 13.2 Å². The molecule has 0 fully saturated rings. The molecule has 1 heterocycles. The maximum Gasteiger partial charge on any atom is 0.416 e. The van der Waals surface area contributed by atoms with E-state index in [1.165, 1.54) is 24.3 Å². The zero-order chi connectivity index (χ0) is 23.0. The molecule has 32 heavy (non-hydrogen) atoms. The number of para-hydroxylation sites is 1. The van der Waals surface area contributed by atoms with Crippen molar-refractivity contribution in [1.82, 2.24) is 0 Å². The molecular weight excluding hydrogens is 425 g/mol. The van der Waals surface area contributed by atoms with Gasteiger partial charge in [0, 0.05) is 23.4 Å². The van der Waals surface area contributed by atoms with Crippen LogP contribution in [0.15, 0.2) is 66.7 Å². The van der Waals surface area contributed by atoms with Crippen LogP contribution >= 0.6 is 0 Å². The molecule has 0 radical (unpaired) electrons. The summed E-state index contributed by atoms with van der Waals surface area (Å²) in [6.45, 7) is 1.96. The van der Waals surface area contributed by atoms with Crippen molar-refractivity contribution < 1.29 is 27.6 Å². The van der Waals surface area contributed by atoms with E-state index in [0.29, 0.717) is 17.7 Å². The van der Waals surface area contributed by atoms with Gasteiger partial charge in [0.1, 0.15) is 5.75 Å². The van der Waals surface area contributed by atoms with Crippen molar-refractivity contribution in [1.29, 1.82) is 0 Å². The van der Waals surface area contributed by atoms with Crippen molar-refractivity contribution in [3.05, 3.63) is 93.5 Å². The van der Waals surface area contributed by atoms with Crippen LogP contribution in [0.4, 0.5) is 24.5 Å². The maximum atomic E-state index is 13.1. The van der Waals surface area contributed by atoms with Crippen LogP contribution in [0.2, 0.25) is 0 Å². The molecule has 164 valence electrons. The van der Waals surface area contributed by atoms with E-state index in [9.17, 15) is 28.1 Å². The number of carbonyl (C=O) groups excluding carboxylic acids is 1. The van der Waals surface area contributed by atoms with Gasteiger partial charge >= 0.3 is 11.9 Å². The number of rotatable bonds is 4. The van der Waals surface area contributed by atoms with E-state index in [1.54, 1.807) is 4.90 Å². The average molecular weight is 442 g/mol. The second kappa shape index (κ2) is 7.99. The minimum Gasteiger partial charge on any atom is -0.450 e. The highest BCUT2D eigenvalue weighted by Gasteiger charge is 2.34. The summed E-state index contributed by atoms with van der Waals surface area (Å²) >= 11 is 0. The molecule has 0 unspecified atom stereocenters. The molecule has 3 aromatic carbocycles. The van der Waals surface area contributed by atoms with Crippen molar-refractivity contribution in [3.63, 3.8) is 0 Å². The minimum absolute atomic E-state index is 0.00868. The van der Waals surface area contributed by atoms with Gasteiger partial charge in [0.05, 0.1) is 10.5 Å². The summed E-state index contributed by atoms with van der Waals surface area (Å²) in [5, 5.41) is 11.2. The van der Waals surface area contributed by atoms with Gasteiger partial charge in [-0.05, 0) is 61.4 Å². The van der Waals surface area contributed by atoms with E-state index < -0.39 is 22.4 Å². The molecule has 1 atom stereocenters. The maximum absolute atomic E-state index is 13.1. The Balaban J connectivity index is 1.56. The molecule has 0 N–H and O–H groups in total. The van der Waals surface area contributed by atoms with Crippen LogP contribution in [0.1, 0.15) is 28.4 Å². The normalized spacial score (nSPS) is 15.4. The molecule has 6 nitrogen and oxygen atoms in total. The number of nitro benzene ring substituents is 1. The monoisotopic (exact) mass is 442 g/mol. The molecule has 0 aliphatic carbocycles. The van der Waals surface area contributed by atoms with Crippen molar-refractivity contribution in [2.75, 3.05) is 4.90 Å². The lowest BCUT2D eigenvalue weighted by atomic mass is 10.1. The average Bonchev–Trinajstić information content (AvgIpc) is 3.08. The van der Waals surface area contributed by atoms with Crippen molar-refractivity contribution >= 4 is 17.3 Å². The summed E-state index contributed by atoms with van der Waals surface area (Å²) in [5.74, 6) is -0.377. The number of halogens is 3. The molecule has 0 saturated heterocycles. The van der Waals surface area contributed by atoms with Gasteiger partial charge < -0.3 is 9.64 Å². The Bertz CT molecular complexity index is 1190. The van der Waals surface area contributed by atoms with Crippen LogP contribution in [-0.4, -0.2) is 16.9 Å². The number of amides is 1. The quantitative estimate of drug-likeness (QED) is 0.367. The molecule has 3 aromatic rings. The van der Waals surface area contributed by atoms with Crippen molar-refractivity contribution in [2.45, 2.75) is 25.6 Å². The third-order valence-corrected chi connectivity index (χ3v) is 5.24. The Morgan fingerprint density at radius 2 is 1.78 bits per heavy atom. The number of hydrogen-bond donors (Lipinski definition) is 0. The van der Waals surface area contributed by atoms with Gasteiger partial charge in [0.2, 0.25) is 5.75 Å². The number of fused-ring (bicyclic) bond motifs is 1. The summed E-state index contributed by atoms with van der Waals surface area (Å²) in [5.41, 5.74) is 0.386. The molecule has 1 aliphatic heterocycles. The number of anilines is 1. The fourth-order valence-corrected chi connectivity index (χ4v) is 3.73. The SMILES string of the molecule is C[C@@H]1Cc2ccccc2N1C(=O)c1ccc(Oc2ccc(C(F)(F)F)cc2[N+](=O)[O-])cc1. The van der Waals surface area contributed by atoms with Gasteiger partial charge in [-0.1, -0.05) is 18.2 Å². The number of alkyl halides is 3. The van der Waals surface area contributed by atoms with E-state index in [1.807, 2.05) is 31.2 Å². The fraction of sp³-hybridized carbons (Fsp3) is 0.174. The largest absolute Gasteiger partial charge is 0.450 e. The van der Waals surface area contributed by atoms with Crippen LogP contribution in [0.5, 0.6) is 11.5 Å². The molecule has 0 aromatic heterocycles. The van der Waals surface area contributed by atoms with E-state index in [-0.39, 0.29) is 23.4 Å². The summed E-state index contributed by atoms with van der Waals surface area (Å²) in [6.07, 6.45) is -3.96. The van der Waals surface area contributed by atoms with Gasteiger partial charge in [-0.25, -0.2) is 0 Å². The van der Waals surface area contributed by atoms with Crippen LogP contribution in [-0.2, 0) is 12.6 Å². The van der Waals surface area contributed by atoms with Crippen molar-refractivity contribution in [2.24, 2.45) is 0 Å². The standard InChI is InChI=1S/C23H17F3N2O4/c1-14-12-16-4-2-3-5-19(16)27(14)22(29)15-6-9-18(10-7-15)32-21-11-8-17(23(24,25)26)13-20(21)28(30)31/h2-11,13-14H,12H2,1H3/t14-/m1/s1. The Kier molecular flexibility index (Phi) is 5.33. The smallest absolute Gasteiger partial charge is 0.416 e. The van der Waals surface area contributed by atoms with E-state index in [2.05, 4.69) is 0 Å². The Morgan fingerprint density at radius 3 is 2.44 bits per heavy atom. The molecule has 0 spiro atoms. The van der Waals surface area contributed by atoms with Crippen LogP contribution in [0.3, 0.4) is 0 Å². The highest BCUT2D eigenvalue weighted by atomic mass is 19.4. The second-order valence-corrected chi connectivity index (χ2v) is 7.42. The predicted molar refractivity (Wildman–Crippen MR) is 111 cm³/mol. The molecule has 1 aliphatic rings. The van der Waals surface area contributed by atoms with E-state index in [0.717, 1.165) is 23.7 Å². The molecular formula is C23H17F3N2O4. The predicted octanol–water partition coefficient (Wildman–Crippen LogP) is 6.00. The highest BCUT2D eigenvalue weighted by molar-refractivity contribution is 6.07. The second-order valence-electron chi connectivity index (χ2n) is 7.42. The van der Waals surface area contributed by atoms with Gasteiger partial charge in [0.25, 0.3) is 5.91 Å². The number of ether oxygens (including phenoxy) is 1. The molecule has 1 amide bonds. The van der Waals surface area contributed by atoms with Crippen LogP contribution < -0.4 is 9.64 Å². The van der Waals surface area contributed by atoms with Gasteiger partial charge in [-0.15, -0.1) is 0 Å². The first kappa shape index (κ1) is 21.4. The third kappa shape index (κ3) is 4.01. The lowest BCUT2D eigenvalue weighted by Crippen LogP contribution is -2.35. The number of carbonyl (C=O) groups is 1. The Morgan fingerprint density at radius 1 is 1.09 bits per heavy atom. The third-order valence-electron chi connectivity index (χ3n) is 5.24. The van der Waals surface area contributed by atoms with E-state index >= 15 is 0 Å². The zero-order valence-electron chi connectivity index (χ0n) is 16.8. The minimum atomic E-state index is -4.71. The first-order valence-corrected chi connectivity index (χ1v) is 9.70. The van der Waals surface area contributed by atoms with Crippen molar-refractivity contribution in [3.8, 4) is 11.5 Å². The number of nitrogens with zero attached hydrogens (tertiary/aromatic N) is 2. The summed E-state index contributed by atoms with van der Waals surface area (Å²) in [7, 11) is 0. The fourth-order valence-electron chi connectivity index (χ4n) is 3.73. The summed E-state index contributed by atoms with van der Waals surface area (Å²) < 4.78 is 44.0. The van der Waals surface area contributed by atoms with Crippen LogP contribution in [0, 0.1) is 10.1 Å². The molecule has 4 rings (SSSR count). The number of benzene rings is 3. The summed E-state index contributed by atoms with van der Waals surface area (Å²) in [6, 6.07) is 15.6. The van der Waals surface area contributed by atoms with Gasteiger partial charge in [-0.3, -0.25) is 14.9 Å². The number of hydrogen-bond acceptors (Lipinski definition) is 4. The first-order chi connectivity index (χ1) is 15.1. The topological polar surface area (TPSA) is 72.7 Å². The molecule has 0 saturated carbocycles. The molecule has 9 heteroatoms.